The number of hydrogen-bond acceptors (Lipinski definition) is 6. The summed E-state index contributed by atoms with van der Waals surface area (Å²) >= 11 is 0. The van der Waals surface area contributed by atoms with Crippen LogP contribution in [-0.4, -0.2) is 58.8 Å². The van der Waals surface area contributed by atoms with Gasteiger partial charge in [0.25, 0.3) is 5.91 Å². The molecule has 6 rings (SSSR count). The van der Waals surface area contributed by atoms with Gasteiger partial charge < -0.3 is 14.5 Å². The number of furan rings is 1. The molecule has 42 heavy (non-hydrogen) atoms. The SMILES string of the molecule is O=C(NC1CCN(Cc2ccncc2)CC1)c1cc2cc(OC3CCN(C(F)(F)F)C(c4ccccc4)C3)ccc2o1. The second kappa shape index (κ2) is 12.1. The number of carbonyl (C=O) groups excluding carboxylic acids is 1. The number of piperidine rings is 2. The van der Waals surface area contributed by atoms with Crippen molar-refractivity contribution in [2.75, 3.05) is 19.6 Å². The summed E-state index contributed by atoms with van der Waals surface area (Å²) in [4.78, 5) is 20.0. The first kappa shape index (κ1) is 28.2. The zero-order valence-corrected chi connectivity index (χ0v) is 23.1. The van der Waals surface area contributed by atoms with Crippen LogP contribution in [0.1, 0.15) is 53.4 Å². The van der Waals surface area contributed by atoms with Crippen LogP contribution in [0.15, 0.2) is 83.5 Å². The second-order valence-electron chi connectivity index (χ2n) is 11.0. The Kier molecular flexibility index (Phi) is 8.17. The number of aromatic nitrogens is 1. The minimum absolute atomic E-state index is 0.0680. The number of pyridine rings is 1. The molecule has 0 saturated carbocycles. The summed E-state index contributed by atoms with van der Waals surface area (Å²) in [6, 6.07) is 19.0. The fourth-order valence-electron chi connectivity index (χ4n) is 5.97. The summed E-state index contributed by atoms with van der Waals surface area (Å²) in [5.41, 5.74) is 2.39. The van der Waals surface area contributed by atoms with E-state index >= 15 is 0 Å². The van der Waals surface area contributed by atoms with Gasteiger partial charge in [-0.15, -0.1) is 0 Å². The first-order valence-electron chi connectivity index (χ1n) is 14.3. The van der Waals surface area contributed by atoms with Crippen molar-refractivity contribution in [3.63, 3.8) is 0 Å². The Morgan fingerprint density at radius 2 is 1.74 bits per heavy atom. The molecule has 2 atom stereocenters. The number of ether oxygens (including phenoxy) is 1. The number of likely N-dealkylation sites (tertiary alicyclic amines) is 2. The maximum atomic E-state index is 13.8. The zero-order chi connectivity index (χ0) is 29.1. The van der Waals surface area contributed by atoms with Crippen LogP contribution in [0.5, 0.6) is 5.75 Å². The quantitative estimate of drug-likeness (QED) is 0.259. The zero-order valence-electron chi connectivity index (χ0n) is 23.1. The number of fused-ring (bicyclic) bond motifs is 1. The number of alkyl halides is 3. The molecular weight excluding hydrogens is 545 g/mol. The van der Waals surface area contributed by atoms with Crippen molar-refractivity contribution in [2.24, 2.45) is 0 Å². The van der Waals surface area contributed by atoms with E-state index in [-0.39, 0.29) is 43.2 Å². The van der Waals surface area contributed by atoms with E-state index < -0.39 is 12.3 Å². The Labute approximate surface area is 242 Å². The van der Waals surface area contributed by atoms with E-state index in [9.17, 15) is 18.0 Å². The van der Waals surface area contributed by atoms with Crippen molar-refractivity contribution in [1.29, 1.82) is 0 Å². The van der Waals surface area contributed by atoms with Crippen LogP contribution < -0.4 is 10.1 Å². The number of rotatable bonds is 7. The van der Waals surface area contributed by atoms with Crippen molar-refractivity contribution in [3.8, 4) is 5.75 Å². The molecule has 2 aromatic heterocycles. The minimum Gasteiger partial charge on any atom is -0.490 e. The molecule has 7 nitrogen and oxygen atoms in total. The van der Waals surface area contributed by atoms with E-state index in [1.54, 1.807) is 67.0 Å². The Balaban J connectivity index is 1.06. The lowest BCUT2D eigenvalue weighted by molar-refractivity contribution is -0.269. The summed E-state index contributed by atoms with van der Waals surface area (Å²) in [5, 5.41) is 3.81. The van der Waals surface area contributed by atoms with Gasteiger partial charge in [-0.2, -0.15) is 13.2 Å². The third-order valence-corrected chi connectivity index (χ3v) is 8.16. The lowest BCUT2D eigenvalue weighted by atomic mass is 9.93. The highest BCUT2D eigenvalue weighted by Crippen LogP contribution is 2.40. The molecule has 0 spiro atoms. The highest BCUT2D eigenvalue weighted by Gasteiger charge is 2.45. The predicted octanol–water partition coefficient (Wildman–Crippen LogP) is 6.33. The van der Waals surface area contributed by atoms with Crippen LogP contribution >= 0.6 is 0 Å². The van der Waals surface area contributed by atoms with Gasteiger partial charge in [-0.1, -0.05) is 30.3 Å². The molecule has 1 N–H and O–H groups in total. The van der Waals surface area contributed by atoms with Gasteiger partial charge in [0, 0.05) is 62.5 Å². The molecule has 0 aliphatic carbocycles. The molecule has 2 fully saturated rings. The van der Waals surface area contributed by atoms with Crippen LogP contribution in [0.3, 0.4) is 0 Å². The van der Waals surface area contributed by atoms with Gasteiger partial charge in [-0.25, -0.2) is 4.90 Å². The summed E-state index contributed by atoms with van der Waals surface area (Å²) < 4.78 is 53.3. The van der Waals surface area contributed by atoms with Crippen LogP contribution in [0.4, 0.5) is 13.2 Å². The molecule has 1 amide bonds. The van der Waals surface area contributed by atoms with Crippen molar-refractivity contribution in [2.45, 2.75) is 56.7 Å². The maximum Gasteiger partial charge on any atom is 0.460 e. The van der Waals surface area contributed by atoms with Gasteiger partial charge in [0.1, 0.15) is 17.4 Å². The molecule has 220 valence electrons. The molecule has 0 radical (unpaired) electrons. The van der Waals surface area contributed by atoms with E-state index in [1.807, 2.05) is 12.1 Å². The summed E-state index contributed by atoms with van der Waals surface area (Å²) in [6.07, 6.45) is 0.960. The lowest BCUT2D eigenvalue weighted by Crippen LogP contribution is -2.48. The Bertz CT molecular complexity index is 1490. The molecule has 2 aromatic carbocycles. The molecule has 10 heteroatoms. The van der Waals surface area contributed by atoms with Gasteiger partial charge in [0.15, 0.2) is 5.76 Å². The molecule has 2 aliphatic heterocycles. The van der Waals surface area contributed by atoms with Crippen LogP contribution in [0.25, 0.3) is 11.0 Å². The number of benzene rings is 2. The molecule has 4 heterocycles. The molecule has 2 unspecified atom stereocenters. The Morgan fingerprint density at radius 3 is 2.48 bits per heavy atom. The van der Waals surface area contributed by atoms with E-state index in [1.165, 1.54) is 5.56 Å². The predicted molar refractivity (Wildman–Crippen MR) is 152 cm³/mol. The maximum absolute atomic E-state index is 13.8. The average Bonchev–Trinajstić information content (AvgIpc) is 3.42. The van der Waals surface area contributed by atoms with E-state index in [2.05, 4.69) is 15.2 Å². The standard InChI is InChI=1S/C32H33F3N4O3/c33-32(34,35)39-17-12-27(20-28(39)23-4-2-1-3-5-23)41-26-6-7-29-24(18-26)19-30(42-29)31(40)37-25-10-15-38(16-11-25)21-22-8-13-36-14-9-22/h1-9,13-14,18-19,25,27-28H,10-12,15-17,20-21H2,(H,37,40). The number of hydrogen-bond donors (Lipinski definition) is 1. The first-order valence-corrected chi connectivity index (χ1v) is 14.3. The number of amides is 1. The summed E-state index contributed by atoms with van der Waals surface area (Å²) in [6.45, 7) is 2.50. The van der Waals surface area contributed by atoms with Gasteiger partial charge in [-0.3, -0.25) is 14.7 Å². The third-order valence-electron chi connectivity index (χ3n) is 8.16. The van der Waals surface area contributed by atoms with Gasteiger partial charge in [-0.05, 0) is 66.8 Å². The minimum atomic E-state index is -4.42. The van der Waals surface area contributed by atoms with E-state index in [0.29, 0.717) is 27.2 Å². The average molecular weight is 579 g/mol. The Morgan fingerprint density at radius 1 is 0.976 bits per heavy atom. The Hall–Kier alpha value is -3.89. The smallest absolute Gasteiger partial charge is 0.460 e. The van der Waals surface area contributed by atoms with Gasteiger partial charge in [0.2, 0.25) is 0 Å². The van der Waals surface area contributed by atoms with Gasteiger partial charge in [0.05, 0.1) is 0 Å². The first-order chi connectivity index (χ1) is 20.3. The normalized spacial score (nSPS) is 20.9. The molecule has 0 bridgehead atoms. The highest BCUT2D eigenvalue weighted by molar-refractivity contribution is 5.96. The number of halogens is 3. The monoisotopic (exact) mass is 578 g/mol. The lowest BCUT2D eigenvalue weighted by Gasteiger charge is -2.40. The van der Waals surface area contributed by atoms with Crippen molar-refractivity contribution < 1.29 is 27.1 Å². The molecule has 4 aromatic rings. The van der Waals surface area contributed by atoms with Crippen molar-refractivity contribution >= 4 is 16.9 Å². The van der Waals surface area contributed by atoms with E-state index in [4.69, 9.17) is 9.15 Å². The second-order valence-corrected chi connectivity index (χ2v) is 11.0. The summed E-state index contributed by atoms with van der Waals surface area (Å²) in [5.74, 6) is 0.504. The molecular formula is C32H33F3N4O3. The van der Waals surface area contributed by atoms with Gasteiger partial charge >= 0.3 is 6.30 Å². The third kappa shape index (κ3) is 6.60. The van der Waals surface area contributed by atoms with E-state index in [0.717, 1.165) is 32.5 Å². The highest BCUT2D eigenvalue weighted by atomic mass is 19.4. The van der Waals surface area contributed by atoms with Crippen LogP contribution in [-0.2, 0) is 6.54 Å². The molecule has 2 saturated heterocycles. The number of nitrogens with zero attached hydrogens (tertiary/aromatic N) is 3. The topological polar surface area (TPSA) is 70.8 Å². The number of nitrogens with one attached hydrogen (secondary N) is 1. The largest absolute Gasteiger partial charge is 0.490 e. The van der Waals surface area contributed by atoms with Crippen LogP contribution in [0, 0.1) is 0 Å². The van der Waals surface area contributed by atoms with Crippen molar-refractivity contribution in [3.05, 3.63) is 96.0 Å². The fraction of sp³-hybridized carbons (Fsp3) is 0.375. The number of carbonyl (C=O) groups is 1. The van der Waals surface area contributed by atoms with Crippen LogP contribution in [0.2, 0.25) is 0 Å². The fourth-order valence-corrected chi connectivity index (χ4v) is 5.97. The van der Waals surface area contributed by atoms with Crippen molar-refractivity contribution in [1.82, 2.24) is 20.1 Å². The molecule has 2 aliphatic rings. The summed E-state index contributed by atoms with van der Waals surface area (Å²) in [7, 11) is 0.